The van der Waals surface area contributed by atoms with Crippen molar-refractivity contribution in [2.75, 3.05) is 18.4 Å². The van der Waals surface area contributed by atoms with Gasteiger partial charge in [0.25, 0.3) is 5.91 Å². The molecular weight excluding hydrogens is 478 g/mol. The van der Waals surface area contributed by atoms with Gasteiger partial charge in [-0.25, -0.2) is 9.97 Å². The summed E-state index contributed by atoms with van der Waals surface area (Å²) >= 11 is 0. The van der Waals surface area contributed by atoms with Crippen LogP contribution in [0.25, 0.3) is 39.1 Å². The number of anilines is 1. The Morgan fingerprint density at radius 1 is 1.00 bits per heavy atom. The molecule has 0 bridgehead atoms. The number of hydrogen-bond acceptors (Lipinski definition) is 6. The molecule has 5 rings (SSSR count). The first kappa shape index (κ1) is 24.5. The maximum absolute atomic E-state index is 13.4. The number of alkyl halides is 2. The van der Waals surface area contributed by atoms with Crippen LogP contribution in [-0.4, -0.2) is 54.1 Å². The maximum Gasteiger partial charge on any atom is 0.324 e. The first-order valence-electron chi connectivity index (χ1n) is 12.3. The number of aryl methyl sites for hydroxylation is 2. The summed E-state index contributed by atoms with van der Waals surface area (Å²) in [5.74, 6) is -2.39. The molecule has 3 heterocycles. The average molecular weight is 507 g/mol. The molecule has 3 aromatic heterocycles. The lowest BCUT2D eigenvalue weighted by atomic mass is 10.1. The molecule has 0 radical (unpaired) electrons. The van der Waals surface area contributed by atoms with Crippen molar-refractivity contribution in [3.8, 4) is 11.4 Å². The lowest BCUT2D eigenvalue weighted by Crippen LogP contribution is -2.40. The van der Waals surface area contributed by atoms with Crippen LogP contribution in [0.5, 0.6) is 0 Å². The molecule has 0 fully saturated rings. The molecule has 192 valence electrons. The number of aromatic nitrogens is 6. The fourth-order valence-electron chi connectivity index (χ4n) is 4.39. The van der Waals surface area contributed by atoms with Crippen LogP contribution in [0.4, 0.5) is 14.6 Å². The molecule has 0 spiro atoms. The number of amides is 1. The molecule has 0 aliphatic rings. The molecule has 11 heteroatoms. The van der Waals surface area contributed by atoms with E-state index in [0.717, 1.165) is 39.3 Å². The number of unbranched alkanes of at least 4 members (excludes halogenated alkanes) is 1. The summed E-state index contributed by atoms with van der Waals surface area (Å²) in [6.45, 7) is 3.89. The second kappa shape index (κ2) is 9.72. The number of nitrogens with one attached hydrogen (secondary N) is 2. The number of carbonyl (C=O) groups excluding carboxylic acids is 1. The molecule has 2 aromatic carbocycles. The van der Waals surface area contributed by atoms with Gasteiger partial charge in [-0.15, -0.1) is 10.2 Å². The van der Waals surface area contributed by atoms with Gasteiger partial charge in [-0.1, -0.05) is 19.1 Å². The van der Waals surface area contributed by atoms with E-state index in [2.05, 4.69) is 25.4 Å². The summed E-state index contributed by atoms with van der Waals surface area (Å²) in [6.07, 6.45) is 0.682. The van der Waals surface area contributed by atoms with Gasteiger partial charge in [0.05, 0.1) is 22.1 Å². The average Bonchev–Trinajstić information content (AvgIpc) is 3.46. The van der Waals surface area contributed by atoms with E-state index < -0.39 is 18.3 Å². The summed E-state index contributed by atoms with van der Waals surface area (Å²) in [5.41, 5.74) is 5.16. The summed E-state index contributed by atoms with van der Waals surface area (Å²) in [6, 6.07) is 14.0. The molecule has 0 aliphatic carbocycles. The fraction of sp³-hybridized carbons (Fsp3) is 0.346. The van der Waals surface area contributed by atoms with E-state index >= 15 is 0 Å². The van der Waals surface area contributed by atoms with E-state index in [-0.39, 0.29) is 6.54 Å². The standard InChI is InChI=1S/C26H28F2N8O/c1-4-26(27,28)25(37)30-14-8-7-13-29-22-24-34-33-16(2)36(24)21-12-11-17(15-19(21)31-22)23-32-18-9-5-6-10-20(18)35(23)3/h5-6,9-12,15H,4,7-8,13-14H2,1-3H3,(H,29,31)(H,30,37). The third-order valence-corrected chi connectivity index (χ3v) is 6.49. The number of carbonyl (C=O) groups is 1. The van der Waals surface area contributed by atoms with Crippen LogP contribution >= 0.6 is 0 Å². The SMILES string of the molecule is CCC(F)(F)C(=O)NCCCCNc1nc2cc(-c3nc4ccccc4n3C)ccc2n2c(C)nnc12. The Hall–Kier alpha value is -4.15. The number of benzene rings is 2. The number of rotatable bonds is 9. The highest BCUT2D eigenvalue weighted by molar-refractivity contribution is 5.88. The number of para-hydroxylation sites is 2. The molecule has 0 saturated carbocycles. The smallest absolute Gasteiger partial charge is 0.324 e. The quantitative estimate of drug-likeness (QED) is 0.286. The summed E-state index contributed by atoms with van der Waals surface area (Å²) in [4.78, 5) is 21.2. The highest BCUT2D eigenvalue weighted by Gasteiger charge is 2.35. The van der Waals surface area contributed by atoms with Crippen LogP contribution in [0.3, 0.4) is 0 Å². The van der Waals surface area contributed by atoms with Crippen LogP contribution < -0.4 is 10.6 Å². The van der Waals surface area contributed by atoms with E-state index in [4.69, 9.17) is 9.97 Å². The van der Waals surface area contributed by atoms with Crippen molar-refractivity contribution in [3.63, 3.8) is 0 Å². The molecule has 37 heavy (non-hydrogen) atoms. The number of hydrogen-bond donors (Lipinski definition) is 2. The Morgan fingerprint density at radius 2 is 1.78 bits per heavy atom. The monoisotopic (exact) mass is 506 g/mol. The van der Waals surface area contributed by atoms with Gasteiger partial charge < -0.3 is 15.2 Å². The van der Waals surface area contributed by atoms with Gasteiger partial charge in [-0.05, 0) is 50.1 Å². The third-order valence-electron chi connectivity index (χ3n) is 6.49. The molecule has 0 saturated heterocycles. The Bertz CT molecular complexity index is 1610. The van der Waals surface area contributed by atoms with Crippen LogP contribution in [-0.2, 0) is 11.8 Å². The Labute approximate surface area is 211 Å². The van der Waals surface area contributed by atoms with Crippen molar-refractivity contribution < 1.29 is 13.6 Å². The van der Waals surface area contributed by atoms with Crippen molar-refractivity contribution in [1.82, 2.24) is 34.4 Å². The number of halogens is 2. The topological polar surface area (TPSA) is 102 Å². The molecule has 2 N–H and O–H groups in total. The predicted octanol–water partition coefficient (Wildman–Crippen LogP) is 4.49. The van der Waals surface area contributed by atoms with E-state index in [9.17, 15) is 13.6 Å². The second-order valence-electron chi connectivity index (χ2n) is 9.00. The van der Waals surface area contributed by atoms with Gasteiger partial charge in [0.15, 0.2) is 5.82 Å². The van der Waals surface area contributed by atoms with Gasteiger partial charge in [0, 0.05) is 32.1 Å². The minimum atomic E-state index is -3.33. The van der Waals surface area contributed by atoms with Gasteiger partial charge in [0.2, 0.25) is 5.65 Å². The number of imidazole rings is 1. The molecule has 9 nitrogen and oxygen atoms in total. The van der Waals surface area contributed by atoms with Gasteiger partial charge in [0.1, 0.15) is 11.6 Å². The van der Waals surface area contributed by atoms with Crippen molar-refractivity contribution >= 4 is 39.4 Å². The van der Waals surface area contributed by atoms with Crippen molar-refractivity contribution in [1.29, 1.82) is 0 Å². The lowest BCUT2D eigenvalue weighted by Gasteiger charge is -2.14. The van der Waals surface area contributed by atoms with Crippen molar-refractivity contribution in [3.05, 3.63) is 48.3 Å². The molecule has 0 atom stereocenters. The Balaban J connectivity index is 1.37. The number of nitrogens with zero attached hydrogens (tertiary/aromatic N) is 6. The molecule has 0 aliphatic heterocycles. The zero-order valence-corrected chi connectivity index (χ0v) is 20.9. The normalized spacial score (nSPS) is 12.0. The maximum atomic E-state index is 13.4. The van der Waals surface area contributed by atoms with E-state index in [0.29, 0.717) is 30.9 Å². The van der Waals surface area contributed by atoms with Gasteiger partial charge >= 0.3 is 5.92 Å². The lowest BCUT2D eigenvalue weighted by molar-refractivity contribution is -0.145. The largest absolute Gasteiger partial charge is 0.367 e. The van der Waals surface area contributed by atoms with Gasteiger partial charge in [-0.2, -0.15) is 8.78 Å². The van der Waals surface area contributed by atoms with E-state index in [1.807, 2.05) is 60.8 Å². The van der Waals surface area contributed by atoms with Crippen LogP contribution in [0.2, 0.25) is 0 Å². The van der Waals surface area contributed by atoms with Crippen LogP contribution in [0.1, 0.15) is 32.0 Å². The summed E-state index contributed by atoms with van der Waals surface area (Å²) in [7, 11) is 1.99. The summed E-state index contributed by atoms with van der Waals surface area (Å²) in [5, 5.41) is 14.1. The van der Waals surface area contributed by atoms with Crippen molar-refractivity contribution in [2.45, 2.75) is 39.0 Å². The number of fused-ring (bicyclic) bond motifs is 4. The second-order valence-corrected chi connectivity index (χ2v) is 9.00. The van der Waals surface area contributed by atoms with Crippen LogP contribution in [0, 0.1) is 6.92 Å². The zero-order chi connectivity index (χ0) is 26.2. The van der Waals surface area contributed by atoms with E-state index in [1.54, 1.807) is 0 Å². The van der Waals surface area contributed by atoms with Crippen LogP contribution in [0.15, 0.2) is 42.5 Å². The third kappa shape index (κ3) is 4.56. The van der Waals surface area contributed by atoms with Gasteiger partial charge in [-0.3, -0.25) is 9.20 Å². The highest BCUT2D eigenvalue weighted by atomic mass is 19.3. The van der Waals surface area contributed by atoms with Crippen molar-refractivity contribution in [2.24, 2.45) is 7.05 Å². The minimum Gasteiger partial charge on any atom is -0.367 e. The first-order chi connectivity index (χ1) is 17.8. The summed E-state index contributed by atoms with van der Waals surface area (Å²) < 4.78 is 30.8. The fourth-order valence-corrected chi connectivity index (χ4v) is 4.39. The highest BCUT2D eigenvalue weighted by Crippen LogP contribution is 2.28. The minimum absolute atomic E-state index is 0.183. The molecule has 0 unspecified atom stereocenters. The zero-order valence-electron chi connectivity index (χ0n) is 20.9. The Kier molecular flexibility index (Phi) is 6.45. The molecular formula is C26H28F2N8O. The molecule has 1 amide bonds. The van der Waals surface area contributed by atoms with E-state index in [1.165, 1.54) is 6.92 Å². The molecule has 5 aromatic rings. The Morgan fingerprint density at radius 3 is 2.57 bits per heavy atom. The first-order valence-corrected chi connectivity index (χ1v) is 12.3. The predicted molar refractivity (Wildman–Crippen MR) is 139 cm³/mol.